The summed E-state index contributed by atoms with van der Waals surface area (Å²) in [7, 11) is -1.91. The summed E-state index contributed by atoms with van der Waals surface area (Å²) < 4.78 is 0. The van der Waals surface area contributed by atoms with E-state index in [2.05, 4.69) is 72.5 Å². The molecule has 0 aliphatic carbocycles. The predicted molar refractivity (Wildman–Crippen MR) is 100 cm³/mol. The molecule has 0 amide bonds. The van der Waals surface area contributed by atoms with Gasteiger partial charge in [-0.15, -0.1) is 0 Å². The van der Waals surface area contributed by atoms with Crippen LogP contribution in [0.4, 0.5) is 0 Å². The summed E-state index contributed by atoms with van der Waals surface area (Å²) in [5, 5.41) is 17.1. The molecular weight excluding hydrogens is 298 g/mol. The Labute approximate surface area is 140 Å². The van der Waals surface area contributed by atoms with E-state index in [9.17, 15) is 5.11 Å². The third kappa shape index (κ3) is 3.92. The normalized spacial score (nSPS) is 19.7. The molecule has 1 aliphatic rings. The standard InChI is InChI=1S/C20H27NOSi/c1-23(19-10-4-2-5-11-19,20-12-6-3-7-13-20)16-18(22)15-17-9-8-14-21-17/h2-7,10-13,17-18,21-22H,8-9,14-16H2,1H3/t17-,18-/m0/s1. The third-order valence-corrected chi connectivity index (χ3v) is 9.69. The highest BCUT2D eigenvalue weighted by Gasteiger charge is 2.34. The van der Waals surface area contributed by atoms with E-state index in [-0.39, 0.29) is 6.10 Å². The maximum atomic E-state index is 10.8. The van der Waals surface area contributed by atoms with Crippen LogP contribution in [0.15, 0.2) is 60.7 Å². The maximum absolute atomic E-state index is 10.8. The number of rotatable bonds is 6. The Bertz CT molecular complexity index is 556. The molecule has 2 atom stereocenters. The highest BCUT2D eigenvalue weighted by molar-refractivity contribution is 7.01. The minimum atomic E-state index is -1.91. The second kappa shape index (κ2) is 7.43. The lowest BCUT2D eigenvalue weighted by Crippen LogP contribution is -2.57. The van der Waals surface area contributed by atoms with Crippen molar-refractivity contribution in [1.82, 2.24) is 5.32 Å². The zero-order valence-corrected chi connectivity index (χ0v) is 14.9. The second-order valence-electron chi connectivity index (χ2n) is 6.95. The van der Waals surface area contributed by atoms with Gasteiger partial charge in [-0.3, -0.25) is 0 Å². The zero-order chi connectivity index (χ0) is 16.1. The Hall–Kier alpha value is -1.42. The summed E-state index contributed by atoms with van der Waals surface area (Å²) in [6, 6.07) is 22.9. The van der Waals surface area contributed by atoms with Crippen LogP contribution in [0.1, 0.15) is 19.3 Å². The minimum absolute atomic E-state index is 0.234. The van der Waals surface area contributed by atoms with Gasteiger partial charge in [0.1, 0.15) is 8.07 Å². The van der Waals surface area contributed by atoms with Gasteiger partial charge >= 0.3 is 0 Å². The first-order valence-electron chi connectivity index (χ1n) is 8.71. The number of nitrogens with one attached hydrogen (secondary N) is 1. The highest BCUT2D eigenvalue weighted by Crippen LogP contribution is 2.19. The number of aliphatic hydroxyl groups excluding tert-OH is 1. The smallest absolute Gasteiger partial charge is 0.117 e. The molecule has 0 spiro atoms. The topological polar surface area (TPSA) is 32.3 Å². The molecule has 2 N–H and O–H groups in total. The Balaban J connectivity index is 1.83. The van der Waals surface area contributed by atoms with E-state index in [1.54, 1.807) is 0 Å². The molecule has 0 saturated carbocycles. The average Bonchev–Trinajstić information content (AvgIpc) is 3.09. The summed E-state index contributed by atoms with van der Waals surface area (Å²) in [5.41, 5.74) is 0. The van der Waals surface area contributed by atoms with Gasteiger partial charge in [-0.25, -0.2) is 0 Å². The van der Waals surface area contributed by atoms with Crippen LogP contribution in [0.2, 0.25) is 12.6 Å². The van der Waals surface area contributed by atoms with Gasteiger partial charge in [0.15, 0.2) is 0 Å². The fourth-order valence-corrected chi connectivity index (χ4v) is 7.63. The van der Waals surface area contributed by atoms with Crippen molar-refractivity contribution in [3.8, 4) is 0 Å². The van der Waals surface area contributed by atoms with Crippen molar-refractivity contribution < 1.29 is 5.11 Å². The molecule has 1 saturated heterocycles. The third-order valence-electron chi connectivity index (χ3n) is 5.18. The second-order valence-corrected chi connectivity index (χ2v) is 11.2. The molecule has 1 heterocycles. The lowest BCUT2D eigenvalue weighted by Gasteiger charge is -2.31. The molecule has 2 nitrogen and oxygen atoms in total. The lowest BCUT2D eigenvalue weighted by molar-refractivity contribution is 0.170. The van der Waals surface area contributed by atoms with Gasteiger partial charge in [-0.2, -0.15) is 0 Å². The van der Waals surface area contributed by atoms with E-state index in [1.165, 1.54) is 23.2 Å². The van der Waals surface area contributed by atoms with Crippen LogP contribution in [-0.2, 0) is 0 Å². The van der Waals surface area contributed by atoms with Gasteiger partial charge in [-0.1, -0.05) is 77.6 Å². The SMILES string of the molecule is C[Si](C[C@@H](O)C[C@@H]1CCCN1)(c1ccccc1)c1ccccc1. The fourth-order valence-electron chi connectivity index (χ4n) is 3.86. The average molecular weight is 326 g/mol. The van der Waals surface area contributed by atoms with E-state index >= 15 is 0 Å². The van der Waals surface area contributed by atoms with Crippen LogP contribution in [0.5, 0.6) is 0 Å². The molecule has 1 aliphatic heterocycles. The first kappa shape index (κ1) is 16.4. The lowest BCUT2D eigenvalue weighted by atomic mass is 10.1. The fraction of sp³-hybridized carbons (Fsp3) is 0.400. The monoisotopic (exact) mass is 325 g/mol. The van der Waals surface area contributed by atoms with Crippen LogP contribution in [-0.4, -0.2) is 31.9 Å². The molecular formula is C20H27NOSi. The molecule has 1 fully saturated rings. The molecule has 3 rings (SSSR count). The molecule has 2 aromatic carbocycles. The van der Waals surface area contributed by atoms with Crippen molar-refractivity contribution in [2.24, 2.45) is 0 Å². The van der Waals surface area contributed by atoms with Crippen molar-refractivity contribution in [2.45, 2.75) is 44.0 Å². The van der Waals surface area contributed by atoms with E-state index in [0.717, 1.165) is 19.0 Å². The quantitative estimate of drug-likeness (QED) is 0.799. The van der Waals surface area contributed by atoms with Crippen LogP contribution in [0, 0.1) is 0 Å². The van der Waals surface area contributed by atoms with Gasteiger partial charge in [0.2, 0.25) is 0 Å². The van der Waals surface area contributed by atoms with E-state index in [0.29, 0.717) is 6.04 Å². The summed E-state index contributed by atoms with van der Waals surface area (Å²) in [5.74, 6) is 0. The van der Waals surface area contributed by atoms with Gasteiger partial charge in [0, 0.05) is 6.04 Å². The van der Waals surface area contributed by atoms with Gasteiger partial charge in [0.25, 0.3) is 0 Å². The van der Waals surface area contributed by atoms with Crippen molar-refractivity contribution in [2.75, 3.05) is 6.54 Å². The molecule has 122 valence electrons. The van der Waals surface area contributed by atoms with Gasteiger partial charge < -0.3 is 10.4 Å². The number of hydrogen-bond acceptors (Lipinski definition) is 2. The largest absolute Gasteiger partial charge is 0.393 e. The first-order chi connectivity index (χ1) is 11.2. The van der Waals surface area contributed by atoms with Gasteiger partial charge in [0.05, 0.1) is 6.10 Å². The zero-order valence-electron chi connectivity index (χ0n) is 13.9. The predicted octanol–water partition coefficient (Wildman–Crippen LogP) is 2.38. The molecule has 2 aromatic rings. The Morgan fingerprint density at radius 2 is 1.61 bits per heavy atom. The summed E-state index contributed by atoms with van der Waals surface area (Å²) >= 11 is 0. The van der Waals surface area contributed by atoms with E-state index in [1.807, 2.05) is 0 Å². The molecule has 3 heteroatoms. The number of aliphatic hydroxyl groups is 1. The molecule has 23 heavy (non-hydrogen) atoms. The van der Waals surface area contributed by atoms with E-state index in [4.69, 9.17) is 0 Å². The summed E-state index contributed by atoms with van der Waals surface area (Å²) in [6.07, 6.45) is 3.08. The van der Waals surface area contributed by atoms with Crippen molar-refractivity contribution >= 4 is 18.4 Å². The first-order valence-corrected chi connectivity index (χ1v) is 11.4. The van der Waals surface area contributed by atoms with Gasteiger partial charge in [-0.05, 0) is 31.9 Å². The Kier molecular flexibility index (Phi) is 5.31. The molecule has 0 aromatic heterocycles. The minimum Gasteiger partial charge on any atom is -0.393 e. The van der Waals surface area contributed by atoms with Crippen LogP contribution in [0.25, 0.3) is 0 Å². The van der Waals surface area contributed by atoms with Crippen molar-refractivity contribution in [3.05, 3.63) is 60.7 Å². The molecule has 0 bridgehead atoms. The number of hydrogen-bond donors (Lipinski definition) is 2. The molecule has 0 unspecified atom stereocenters. The maximum Gasteiger partial charge on any atom is 0.117 e. The summed E-state index contributed by atoms with van der Waals surface area (Å²) in [4.78, 5) is 0. The molecule has 0 radical (unpaired) electrons. The van der Waals surface area contributed by atoms with E-state index < -0.39 is 8.07 Å². The van der Waals surface area contributed by atoms with Crippen LogP contribution < -0.4 is 15.7 Å². The summed E-state index contributed by atoms with van der Waals surface area (Å²) in [6.45, 7) is 3.49. The number of benzene rings is 2. The Morgan fingerprint density at radius 3 is 2.09 bits per heavy atom. The van der Waals surface area contributed by atoms with Crippen LogP contribution in [0.3, 0.4) is 0 Å². The van der Waals surface area contributed by atoms with Crippen molar-refractivity contribution in [1.29, 1.82) is 0 Å². The Morgan fingerprint density at radius 1 is 1.04 bits per heavy atom. The van der Waals surface area contributed by atoms with Crippen molar-refractivity contribution in [3.63, 3.8) is 0 Å². The van der Waals surface area contributed by atoms with Crippen LogP contribution >= 0.6 is 0 Å². The highest BCUT2D eigenvalue weighted by atomic mass is 28.3.